The number of ether oxygens (including phenoxy) is 1. The number of carbonyl (C=O) groups is 1. The van der Waals surface area contributed by atoms with E-state index in [-0.39, 0.29) is 17.0 Å². The molecule has 2 rings (SSSR count). The third-order valence-corrected chi connectivity index (χ3v) is 3.78. The molecule has 7 heteroatoms. The molecule has 1 heterocycles. The highest BCUT2D eigenvalue weighted by atomic mass is 35.5. The van der Waals surface area contributed by atoms with Crippen LogP contribution in [0.25, 0.3) is 0 Å². The molecule has 2 unspecified atom stereocenters. The van der Waals surface area contributed by atoms with Gasteiger partial charge in [-0.05, 0) is 18.8 Å². The van der Waals surface area contributed by atoms with Crippen molar-refractivity contribution in [3.05, 3.63) is 11.2 Å². The first-order valence-corrected chi connectivity index (χ1v) is 6.99. The predicted molar refractivity (Wildman–Crippen MR) is 76.8 cm³/mol. The van der Waals surface area contributed by atoms with Crippen LogP contribution in [0.2, 0.25) is 5.15 Å². The summed E-state index contributed by atoms with van der Waals surface area (Å²) in [5, 5.41) is 2.84. The summed E-state index contributed by atoms with van der Waals surface area (Å²) in [5.41, 5.74) is 5.35. The zero-order valence-corrected chi connectivity index (χ0v) is 12.4. The predicted octanol–water partition coefficient (Wildman–Crippen LogP) is 1.98. The minimum Gasteiger partial charge on any atom is -0.481 e. The van der Waals surface area contributed by atoms with Crippen molar-refractivity contribution >= 4 is 23.5 Å². The molecule has 1 saturated carbocycles. The van der Waals surface area contributed by atoms with Crippen LogP contribution >= 0.6 is 11.6 Å². The van der Waals surface area contributed by atoms with E-state index in [1.165, 1.54) is 13.2 Å². The number of hydrogen-bond acceptors (Lipinski definition) is 5. The first-order chi connectivity index (χ1) is 9.43. The molecule has 0 bridgehead atoms. The van der Waals surface area contributed by atoms with E-state index in [1.807, 2.05) is 0 Å². The molecule has 1 amide bonds. The van der Waals surface area contributed by atoms with Gasteiger partial charge in [-0.1, -0.05) is 31.4 Å². The fourth-order valence-electron chi connectivity index (χ4n) is 2.58. The quantitative estimate of drug-likeness (QED) is 0.833. The molecule has 0 aromatic carbocycles. The Morgan fingerprint density at radius 2 is 2.35 bits per heavy atom. The molecule has 1 aromatic rings. The van der Waals surface area contributed by atoms with Crippen LogP contribution in [0.4, 0.5) is 5.95 Å². The third kappa shape index (κ3) is 3.37. The fourth-order valence-corrected chi connectivity index (χ4v) is 2.76. The molecule has 0 spiro atoms. The van der Waals surface area contributed by atoms with E-state index in [0.717, 1.165) is 12.8 Å². The van der Waals surface area contributed by atoms with Crippen LogP contribution < -0.4 is 15.8 Å². The van der Waals surface area contributed by atoms with Gasteiger partial charge in [0, 0.05) is 6.07 Å². The number of rotatable bonds is 3. The molecular weight excluding hydrogens is 280 g/mol. The lowest BCUT2D eigenvalue weighted by Gasteiger charge is -2.34. The summed E-state index contributed by atoms with van der Waals surface area (Å²) in [7, 11) is 1.47. The van der Waals surface area contributed by atoms with Crippen molar-refractivity contribution in [2.45, 2.75) is 38.1 Å². The van der Waals surface area contributed by atoms with Crippen LogP contribution in [-0.2, 0) is 4.79 Å². The largest absolute Gasteiger partial charge is 0.481 e. The Kier molecular flexibility index (Phi) is 4.45. The van der Waals surface area contributed by atoms with Gasteiger partial charge in [-0.25, -0.2) is 4.98 Å². The normalized spacial score (nSPS) is 26.1. The van der Waals surface area contributed by atoms with E-state index in [1.54, 1.807) is 0 Å². The second-order valence-electron chi connectivity index (χ2n) is 5.37. The van der Waals surface area contributed by atoms with Crippen LogP contribution in [0.15, 0.2) is 6.07 Å². The molecule has 1 aliphatic rings. The van der Waals surface area contributed by atoms with E-state index < -0.39 is 5.54 Å². The maximum Gasteiger partial charge on any atom is 0.246 e. The summed E-state index contributed by atoms with van der Waals surface area (Å²) in [6.45, 7) is 2.10. The summed E-state index contributed by atoms with van der Waals surface area (Å²) >= 11 is 5.84. The number of hydrogen-bond donors (Lipinski definition) is 2. The number of aromatic nitrogens is 2. The van der Waals surface area contributed by atoms with Gasteiger partial charge in [0.15, 0.2) is 0 Å². The van der Waals surface area contributed by atoms with Gasteiger partial charge in [0.1, 0.15) is 5.15 Å². The van der Waals surface area contributed by atoms with Gasteiger partial charge in [-0.2, -0.15) is 4.98 Å². The monoisotopic (exact) mass is 298 g/mol. The highest BCUT2D eigenvalue weighted by molar-refractivity contribution is 6.29. The Morgan fingerprint density at radius 1 is 1.60 bits per heavy atom. The molecule has 0 radical (unpaired) electrons. The average Bonchev–Trinajstić information content (AvgIpc) is 2.37. The van der Waals surface area contributed by atoms with Crippen molar-refractivity contribution in [1.29, 1.82) is 0 Å². The first-order valence-electron chi connectivity index (χ1n) is 6.62. The van der Waals surface area contributed by atoms with Crippen LogP contribution in [0, 0.1) is 5.92 Å². The minimum atomic E-state index is -0.865. The Hall–Kier alpha value is -1.40. The van der Waals surface area contributed by atoms with E-state index >= 15 is 0 Å². The number of nitrogens with two attached hydrogens (primary N) is 1. The summed E-state index contributed by atoms with van der Waals surface area (Å²) in [6.07, 6.45) is 3.38. The topological polar surface area (TPSA) is 90.1 Å². The lowest BCUT2D eigenvalue weighted by Crippen LogP contribution is -2.53. The number of carbonyl (C=O) groups excluding carboxylic acids is 1. The highest BCUT2D eigenvalue weighted by Gasteiger charge is 2.38. The van der Waals surface area contributed by atoms with Gasteiger partial charge in [-0.3, -0.25) is 10.1 Å². The summed E-state index contributed by atoms with van der Waals surface area (Å²) < 4.78 is 4.99. The van der Waals surface area contributed by atoms with Crippen LogP contribution in [0.1, 0.15) is 32.6 Å². The van der Waals surface area contributed by atoms with E-state index in [4.69, 9.17) is 22.1 Å². The Labute approximate surface area is 123 Å². The van der Waals surface area contributed by atoms with Crippen molar-refractivity contribution in [3.63, 3.8) is 0 Å². The molecule has 6 nitrogen and oxygen atoms in total. The van der Waals surface area contributed by atoms with Gasteiger partial charge in [0.2, 0.25) is 17.7 Å². The van der Waals surface area contributed by atoms with Gasteiger partial charge in [-0.15, -0.1) is 0 Å². The van der Waals surface area contributed by atoms with Gasteiger partial charge < -0.3 is 10.5 Å². The fraction of sp³-hybridized carbons (Fsp3) is 0.615. The summed E-state index contributed by atoms with van der Waals surface area (Å²) in [4.78, 5) is 20.3. The molecular formula is C13H19ClN4O2. The van der Waals surface area contributed by atoms with Crippen molar-refractivity contribution in [1.82, 2.24) is 9.97 Å². The van der Waals surface area contributed by atoms with Gasteiger partial charge >= 0.3 is 0 Å². The number of nitrogens with one attached hydrogen (secondary N) is 1. The average molecular weight is 299 g/mol. The zero-order valence-electron chi connectivity index (χ0n) is 11.6. The number of halogens is 1. The maximum atomic E-state index is 12.3. The maximum absolute atomic E-state index is 12.3. The third-order valence-electron chi connectivity index (χ3n) is 3.59. The molecule has 110 valence electrons. The van der Waals surface area contributed by atoms with E-state index in [0.29, 0.717) is 24.6 Å². The second-order valence-corrected chi connectivity index (χ2v) is 5.76. The summed E-state index contributed by atoms with van der Waals surface area (Å²) in [6, 6.07) is 1.47. The lowest BCUT2D eigenvalue weighted by atomic mass is 9.76. The molecule has 20 heavy (non-hydrogen) atoms. The Bertz CT molecular complexity index is 511. The zero-order chi connectivity index (χ0) is 14.8. The standard InChI is InChI=1S/C13H19ClN4O2/c1-8-4-3-5-13(15,7-8)11(19)18-12-16-9(14)6-10(17-12)20-2/h6,8H,3-5,7,15H2,1-2H3,(H,16,17,18,19). The van der Waals surface area contributed by atoms with Crippen molar-refractivity contribution in [2.24, 2.45) is 11.7 Å². The number of methoxy groups -OCH3 is 1. The number of amides is 1. The van der Waals surface area contributed by atoms with Crippen LogP contribution in [0.3, 0.4) is 0 Å². The molecule has 2 atom stereocenters. The Morgan fingerprint density at radius 3 is 3.00 bits per heavy atom. The number of nitrogens with zero attached hydrogens (tertiary/aromatic N) is 2. The molecule has 1 aromatic heterocycles. The van der Waals surface area contributed by atoms with Crippen LogP contribution in [-0.4, -0.2) is 28.5 Å². The molecule has 1 fully saturated rings. The van der Waals surface area contributed by atoms with Crippen molar-refractivity contribution in [2.75, 3.05) is 12.4 Å². The SMILES string of the molecule is COc1cc(Cl)nc(NC(=O)C2(N)CCCC(C)C2)n1. The Balaban J connectivity index is 2.13. The first kappa shape index (κ1) is 15.0. The molecule has 3 N–H and O–H groups in total. The second kappa shape index (κ2) is 5.93. The van der Waals surface area contributed by atoms with E-state index in [9.17, 15) is 4.79 Å². The van der Waals surface area contributed by atoms with Crippen molar-refractivity contribution < 1.29 is 9.53 Å². The van der Waals surface area contributed by atoms with E-state index in [2.05, 4.69) is 22.2 Å². The molecule has 0 saturated heterocycles. The smallest absolute Gasteiger partial charge is 0.246 e. The van der Waals surface area contributed by atoms with Gasteiger partial charge in [0.25, 0.3) is 0 Å². The number of anilines is 1. The summed E-state index contributed by atoms with van der Waals surface area (Å²) in [5.74, 6) is 0.577. The lowest BCUT2D eigenvalue weighted by molar-refractivity contribution is -0.122. The molecule has 1 aliphatic carbocycles. The van der Waals surface area contributed by atoms with Crippen LogP contribution in [0.5, 0.6) is 5.88 Å². The van der Waals surface area contributed by atoms with Gasteiger partial charge in [0.05, 0.1) is 12.6 Å². The van der Waals surface area contributed by atoms with Crippen molar-refractivity contribution in [3.8, 4) is 5.88 Å². The highest BCUT2D eigenvalue weighted by Crippen LogP contribution is 2.31. The minimum absolute atomic E-state index is 0.113. The molecule has 0 aliphatic heterocycles.